The number of allylic oxidation sites excluding steroid dienone is 3. The van der Waals surface area contributed by atoms with Crippen LogP contribution in [-0.2, 0) is 4.79 Å². The number of aromatic carboxylic acids is 1. The van der Waals surface area contributed by atoms with Gasteiger partial charge in [0.25, 0.3) is 0 Å². The number of hydrogen-bond acceptors (Lipinski definition) is 5. The number of quaternary nitrogens is 1. The number of benzene rings is 1. The van der Waals surface area contributed by atoms with Gasteiger partial charge in [0.1, 0.15) is 11.4 Å². The van der Waals surface area contributed by atoms with Crippen molar-refractivity contribution in [3.63, 3.8) is 0 Å². The fourth-order valence-corrected chi connectivity index (χ4v) is 8.29. The predicted molar refractivity (Wildman–Crippen MR) is 132 cm³/mol. The number of carbonyl (C=O) groups is 2. The van der Waals surface area contributed by atoms with Crippen LogP contribution < -0.4 is 5.32 Å². The SMILES string of the molecule is C[C@]12CC(C=N)=C([NH2+]c3cccc(C(=O)O)c3)C=C1CC[C@@H]1C2C(O)C[C@@]2(C)C1CC[C@]2(O)C(=O)O. The van der Waals surface area contributed by atoms with E-state index < -0.39 is 29.1 Å². The van der Waals surface area contributed by atoms with Crippen LogP contribution in [0.15, 0.2) is 47.2 Å². The second-order valence-electron chi connectivity index (χ2n) is 11.7. The summed E-state index contributed by atoms with van der Waals surface area (Å²) < 4.78 is 0. The molecule has 4 aliphatic rings. The van der Waals surface area contributed by atoms with E-state index in [-0.39, 0.29) is 41.6 Å². The molecule has 5 rings (SSSR count). The topological polar surface area (TPSA) is 156 Å². The second-order valence-corrected chi connectivity index (χ2v) is 11.7. The summed E-state index contributed by atoms with van der Waals surface area (Å²) >= 11 is 0. The number of aliphatic hydroxyl groups excluding tert-OH is 1. The van der Waals surface area contributed by atoms with Crippen LogP contribution in [0.4, 0.5) is 5.69 Å². The van der Waals surface area contributed by atoms with E-state index in [2.05, 4.69) is 13.0 Å². The first-order valence-electron chi connectivity index (χ1n) is 12.7. The molecular formula is C28H35N2O6+. The normalized spacial score (nSPS) is 39.5. The first-order chi connectivity index (χ1) is 16.9. The average Bonchev–Trinajstić information content (AvgIpc) is 3.10. The van der Waals surface area contributed by atoms with Crippen molar-refractivity contribution in [1.29, 1.82) is 5.41 Å². The average molecular weight is 496 g/mol. The van der Waals surface area contributed by atoms with Crippen LogP contribution >= 0.6 is 0 Å². The lowest BCUT2D eigenvalue weighted by atomic mass is 9.45. The van der Waals surface area contributed by atoms with Gasteiger partial charge in [-0.1, -0.05) is 25.5 Å². The summed E-state index contributed by atoms with van der Waals surface area (Å²) in [6, 6.07) is 6.73. The van der Waals surface area contributed by atoms with Crippen molar-refractivity contribution < 1.29 is 35.3 Å². The number of nitrogens with two attached hydrogens (primary N) is 1. The van der Waals surface area contributed by atoms with Gasteiger partial charge >= 0.3 is 11.9 Å². The van der Waals surface area contributed by atoms with Crippen molar-refractivity contribution in [2.24, 2.45) is 28.6 Å². The minimum atomic E-state index is -1.82. The quantitative estimate of drug-likeness (QED) is 0.273. The molecule has 3 fully saturated rings. The number of hydrogen-bond donors (Lipinski definition) is 6. The smallest absolute Gasteiger partial charge is 0.336 e. The minimum absolute atomic E-state index is 0.0181. The van der Waals surface area contributed by atoms with E-state index in [1.807, 2.05) is 18.3 Å². The predicted octanol–water partition coefficient (Wildman–Crippen LogP) is 2.84. The molecule has 7 N–H and O–H groups in total. The maximum absolute atomic E-state index is 12.1. The first-order valence-corrected chi connectivity index (χ1v) is 12.7. The lowest BCUT2D eigenvalue weighted by Gasteiger charge is -2.60. The summed E-state index contributed by atoms with van der Waals surface area (Å²) in [5.41, 5.74) is 0.822. The van der Waals surface area contributed by atoms with Crippen molar-refractivity contribution in [3.8, 4) is 0 Å². The molecule has 36 heavy (non-hydrogen) atoms. The Morgan fingerprint density at radius 3 is 2.61 bits per heavy atom. The van der Waals surface area contributed by atoms with Gasteiger partial charge in [-0.3, -0.25) is 5.32 Å². The molecule has 3 saturated carbocycles. The second kappa shape index (κ2) is 8.36. The largest absolute Gasteiger partial charge is 0.479 e. The molecule has 0 heterocycles. The Morgan fingerprint density at radius 2 is 1.94 bits per heavy atom. The van der Waals surface area contributed by atoms with Crippen molar-refractivity contribution in [1.82, 2.24) is 0 Å². The molecular weight excluding hydrogens is 460 g/mol. The van der Waals surface area contributed by atoms with Gasteiger partial charge in [-0.25, -0.2) is 9.59 Å². The summed E-state index contributed by atoms with van der Waals surface area (Å²) in [6.45, 7) is 4.00. The van der Waals surface area contributed by atoms with Crippen molar-refractivity contribution in [3.05, 3.63) is 52.7 Å². The number of carboxylic acids is 2. The molecule has 3 unspecified atom stereocenters. The van der Waals surface area contributed by atoms with E-state index in [4.69, 9.17) is 5.41 Å². The molecule has 192 valence electrons. The van der Waals surface area contributed by atoms with Gasteiger partial charge in [-0.05, 0) is 79.9 Å². The van der Waals surface area contributed by atoms with Crippen LogP contribution in [0.1, 0.15) is 62.7 Å². The number of aliphatic carboxylic acids is 1. The number of carboxylic acid groups (broad SMARTS) is 2. The Bertz CT molecular complexity index is 1210. The maximum Gasteiger partial charge on any atom is 0.336 e. The Hall–Kier alpha value is -2.81. The van der Waals surface area contributed by atoms with Crippen LogP contribution in [0.2, 0.25) is 0 Å². The number of rotatable bonds is 5. The van der Waals surface area contributed by atoms with Gasteiger partial charge in [-0.2, -0.15) is 0 Å². The molecule has 0 aliphatic heterocycles. The highest BCUT2D eigenvalue weighted by atomic mass is 16.4. The van der Waals surface area contributed by atoms with Crippen LogP contribution in [0, 0.1) is 34.0 Å². The molecule has 0 saturated heterocycles. The van der Waals surface area contributed by atoms with Crippen LogP contribution in [0.25, 0.3) is 0 Å². The third kappa shape index (κ3) is 3.42. The van der Waals surface area contributed by atoms with Crippen molar-refractivity contribution in [2.45, 2.75) is 64.1 Å². The van der Waals surface area contributed by atoms with E-state index in [9.17, 15) is 30.0 Å². The summed E-state index contributed by atoms with van der Waals surface area (Å²) in [5.74, 6) is -2.15. The zero-order valence-electron chi connectivity index (χ0n) is 20.7. The van der Waals surface area contributed by atoms with E-state index in [0.717, 1.165) is 29.8 Å². The van der Waals surface area contributed by atoms with Gasteiger partial charge < -0.3 is 25.8 Å². The molecule has 4 aliphatic carbocycles. The number of nitrogens with one attached hydrogen (secondary N) is 1. The van der Waals surface area contributed by atoms with E-state index in [1.165, 1.54) is 11.8 Å². The van der Waals surface area contributed by atoms with Crippen LogP contribution in [0.5, 0.6) is 0 Å². The zero-order chi connectivity index (χ0) is 26.0. The molecule has 0 aromatic heterocycles. The van der Waals surface area contributed by atoms with Gasteiger partial charge in [0.15, 0.2) is 5.60 Å². The maximum atomic E-state index is 12.1. The summed E-state index contributed by atoms with van der Waals surface area (Å²) in [7, 11) is 0. The van der Waals surface area contributed by atoms with Gasteiger partial charge in [-0.15, -0.1) is 0 Å². The highest BCUT2D eigenvalue weighted by Crippen LogP contribution is 2.67. The summed E-state index contributed by atoms with van der Waals surface area (Å²) in [4.78, 5) is 23.5. The van der Waals surface area contributed by atoms with Gasteiger partial charge in [0.2, 0.25) is 0 Å². The molecule has 0 radical (unpaired) electrons. The minimum Gasteiger partial charge on any atom is -0.479 e. The summed E-state index contributed by atoms with van der Waals surface area (Å²) in [6.07, 6.45) is 6.00. The third-order valence-electron chi connectivity index (χ3n) is 10.1. The Kier molecular flexibility index (Phi) is 5.78. The molecule has 1 aromatic carbocycles. The Labute approximate surface area is 210 Å². The van der Waals surface area contributed by atoms with Crippen molar-refractivity contribution >= 4 is 23.8 Å². The molecule has 8 nitrogen and oxygen atoms in total. The molecule has 8 heteroatoms. The van der Waals surface area contributed by atoms with Crippen LogP contribution in [-0.4, -0.2) is 50.3 Å². The van der Waals surface area contributed by atoms with E-state index in [1.54, 1.807) is 18.2 Å². The highest BCUT2D eigenvalue weighted by molar-refractivity contribution is 5.88. The zero-order valence-corrected chi connectivity index (χ0v) is 20.7. The highest BCUT2D eigenvalue weighted by Gasteiger charge is 2.68. The summed E-state index contributed by atoms with van der Waals surface area (Å²) in [5, 5.41) is 51.9. The Morgan fingerprint density at radius 1 is 1.19 bits per heavy atom. The van der Waals surface area contributed by atoms with E-state index >= 15 is 0 Å². The van der Waals surface area contributed by atoms with Crippen molar-refractivity contribution in [2.75, 3.05) is 0 Å². The van der Waals surface area contributed by atoms with Gasteiger partial charge in [0, 0.05) is 23.3 Å². The standard InChI is InChI=1S/C28H34N2O6/c1-26-12-16(14-29)21(30-18-5-3-4-15(10-18)24(32)33)11-17(26)6-7-19-20-8-9-28(36,25(34)35)27(20,2)13-22(31)23(19)26/h3-5,10-11,14,19-20,22-23,29-31,36H,6-9,12-13H2,1-2H3,(H,32,33)(H,34,35)/p+1/t19-,20?,22?,23?,26-,27-,28-/m0/s1. The first kappa shape index (κ1) is 24.9. The fraction of sp³-hybridized carbons (Fsp3) is 0.536. The van der Waals surface area contributed by atoms with Crippen LogP contribution in [0.3, 0.4) is 0 Å². The fourth-order valence-electron chi connectivity index (χ4n) is 8.29. The lowest BCUT2D eigenvalue weighted by Crippen LogP contribution is -2.76. The molecule has 1 aromatic rings. The Balaban J connectivity index is 1.47. The van der Waals surface area contributed by atoms with Gasteiger partial charge in [0.05, 0.1) is 11.7 Å². The lowest BCUT2D eigenvalue weighted by molar-refractivity contribution is -0.513. The number of fused-ring (bicyclic) bond motifs is 5. The molecule has 0 amide bonds. The van der Waals surface area contributed by atoms with E-state index in [0.29, 0.717) is 12.8 Å². The monoisotopic (exact) mass is 495 g/mol. The molecule has 7 atom stereocenters. The third-order valence-corrected chi connectivity index (χ3v) is 10.1. The molecule has 0 spiro atoms. The molecule has 0 bridgehead atoms. The number of aliphatic hydroxyl groups is 2.